The van der Waals surface area contributed by atoms with Crippen molar-refractivity contribution in [2.24, 2.45) is 5.10 Å². The van der Waals surface area contributed by atoms with Gasteiger partial charge in [0.15, 0.2) is 0 Å². The molecule has 1 fully saturated rings. The fourth-order valence-electron chi connectivity index (χ4n) is 3.31. The normalized spacial score (nSPS) is 14.3. The number of carbonyl (C=O) groups excluding carboxylic acids is 1. The van der Waals surface area contributed by atoms with Crippen LogP contribution in [0.2, 0.25) is 0 Å². The molecule has 1 aliphatic rings. The average molecular weight is 414 g/mol. The van der Waals surface area contributed by atoms with E-state index in [0.29, 0.717) is 5.69 Å². The largest absolute Gasteiger partial charge is 0.271 e. The molecule has 1 N–H and O–H groups in total. The molecule has 0 unspecified atom stereocenters. The van der Waals surface area contributed by atoms with Gasteiger partial charge in [0.25, 0.3) is 15.9 Å². The first-order chi connectivity index (χ1) is 13.9. The van der Waals surface area contributed by atoms with Crippen molar-refractivity contribution in [3.05, 3.63) is 59.7 Å². The van der Waals surface area contributed by atoms with Crippen LogP contribution in [0.15, 0.2) is 58.5 Å². The minimum atomic E-state index is -3.90. The summed E-state index contributed by atoms with van der Waals surface area (Å²) in [6.07, 6.45) is 5.09. The number of anilines is 1. The third-order valence-corrected chi connectivity index (χ3v) is 6.74. The Morgan fingerprint density at radius 2 is 1.69 bits per heavy atom. The molecule has 2 aromatic rings. The van der Waals surface area contributed by atoms with Crippen LogP contribution in [0.4, 0.5) is 5.69 Å². The zero-order valence-corrected chi connectivity index (χ0v) is 17.7. The lowest BCUT2D eigenvalue weighted by atomic mass is 9.99. The van der Waals surface area contributed by atoms with Gasteiger partial charge in [0.05, 0.1) is 10.6 Å². The number of hydrogen-bond acceptors (Lipinski definition) is 4. The van der Waals surface area contributed by atoms with E-state index in [2.05, 4.69) is 10.5 Å². The predicted octanol–water partition coefficient (Wildman–Crippen LogP) is 3.94. The van der Waals surface area contributed by atoms with Crippen molar-refractivity contribution in [1.82, 2.24) is 5.43 Å². The van der Waals surface area contributed by atoms with E-state index in [1.165, 1.54) is 6.42 Å². The first-order valence-electron chi connectivity index (χ1n) is 9.86. The van der Waals surface area contributed by atoms with Crippen molar-refractivity contribution < 1.29 is 13.2 Å². The van der Waals surface area contributed by atoms with Gasteiger partial charge in [-0.25, -0.2) is 13.8 Å². The van der Waals surface area contributed by atoms with Crippen LogP contribution in [-0.2, 0) is 14.8 Å². The Morgan fingerprint density at radius 1 is 1.00 bits per heavy atom. The molecule has 7 heteroatoms. The van der Waals surface area contributed by atoms with Gasteiger partial charge in [0.2, 0.25) is 0 Å². The molecule has 0 bridgehead atoms. The number of sulfonamides is 1. The summed E-state index contributed by atoms with van der Waals surface area (Å²) < 4.78 is 27.8. The summed E-state index contributed by atoms with van der Waals surface area (Å²) in [5.74, 6) is -0.458. The molecule has 1 aliphatic carbocycles. The smallest absolute Gasteiger partial charge is 0.264 e. The molecule has 0 aromatic heterocycles. The van der Waals surface area contributed by atoms with E-state index in [1.807, 2.05) is 19.9 Å². The summed E-state index contributed by atoms with van der Waals surface area (Å²) in [6.45, 7) is 3.44. The number of aryl methyl sites for hydroxylation is 2. The third kappa shape index (κ3) is 5.44. The number of nitrogens with one attached hydrogen (secondary N) is 1. The quantitative estimate of drug-likeness (QED) is 0.729. The minimum absolute atomic E-state index is 0.149. The van der Waals surface area contributed by atoms with Crippen LogP contribution in [0.25, 0.3) is 0 Å². The highest BCUT2D eigenvalue weighted by Crippen LogP contribution is 2.24. The lowest BCUT2D eigenvalue weighted by molar-refractivity contribution is -0.119. The van der Waals surface area contributed by atoms with Crippen LogP contribution in [0.3, 0.4) is 0 Å². The van der Waals surface area contributed by atoms with Crippen molar-refractivity contribution in [3.8, 4) is 0 Å². The maximum Gasteiger partial charge on any atom is 0.264 e. The first kappa shape index (κ1) is 21.0. The van der Waals surface area contributed by atoms with E-state index in [1.54, 1.807) is 42.5 Å². The molecular formula is C22H27N3O3S. The lowest BCUT2D eigenvalue weighted by Crippen LogP contribution is -2.39. The molecule has 154 valence electrons. The monoisotopic (exact) mass is 413 g/mol. The fraction of sp³-hybridized carbons (Fsp3) is 0.364. The molecular weight excluding hydrogens is 386 g/mol. The SMILES string of the molecule is Cc1ccc(S(=O)(=O)N(CC(=O)NN=C2CCCCC2)c2cccc(C)c2)cc1. The molecule has 1 saturated carbocycles. The summed E-state index contributed by atoms with van der Waals surface area (Å²) in [5.41, 5.74) is 5.84. The van der Waals surface area contributed by atoms with Crippen LogP contribution >= 0.6 is 0 Å². The topological polar surface area (TPSA) is 78.8 Å². The van der Waals surface area contributed by atoms with Crippen molar-refractivity contribution in [1.29, 1.82) is 0 Å². The van der Waals surface area contributed by atoms with E-state index in [0.717, 1.165) is 46.8 Å². The highest BCUT2D eigenvalue weighted by atomic mass is 32.2. The Balaban J connectivity index is 1.87. The summed E-state index contributed by atoms with van der Waals surface area (Å²) in [4.78, 5) is 12.7. The Morgan fingerprint density at radius 3 is 2.34 bits per heavy atom. The predicted molar refractivity (Wildman–Crippen MR) is 116 cm³/mol. The molecule has 0 spiro atoms. The zero-order chi connectivity index (χ0) is 20.9. The van der Waals surface area contributed by atoms with Crippen molar-refractivity contribution in [3.63, 3.8) is 0 Å². The molecule has 0 saturated heterocycles. The van der Waals surface area contributed by atoms with Crippen molar-refractivity contribution in [2.45, 2.75) is 50.8 Å². The molecule has 1 amide bonds. The second-order valence-corrected chi connectivity index (χ2v) is 9.30. The van der Waals surface area contributed by atoms with Crippen LogP contribution in [0, 0.1) is 13.8 Å². The van der Waals surface area contributed by atoms with E-state index >= 15 is 0 Å². The van der Waals surface area contributed by atoms with Crippen molar-refractivity contribution in [2.75, 3.05) is 10.8 Å². The van der Waals surface area contributed by atoms with E-state index in [4.69, 9.17) is 0 Å². The number of hydrazone groups is 1. The summed E-state index contributed by atoms with van der Waals surface area (Å²) in [6, 6.07) is 13.7. The maximum atomic E-state index is 13.3. The lowest BCUT2D eigenvalue weighted by Gasteiger charge is -2.24. The van der Waals surface area contributed by atoms with E-state index in [9.17, 15) is 13.2 Å². The van der Waals surface area contributed by atoms with Gasteiger partial charge in [-0.2, -0.15) is 5.10 Å². The van der Waals surface area contributed by atoms with Gasteiger partial charge in [0, 0.05) is 5.71 Å². The number of rotatable bonds is 6. The molecule has 0 atom stereocenters. The van der Waals surface area contributed by atoms with Gasteiger partial charge in [-0.1, -0.05) is 36.2 Å². The van der Waals surface area contributed by atoms with E-state index in [-0.39, 0.29) is 11.4 Å². The van der Waals surface area contributed by atoms with Gasteiger partial charge in [-0.05, 0) is 69.4 Å². The summed E-state index contributed by atoms with van der Waals surface area (Å²) in [5, 5.41) is 4.21. The third-order valence-electron chi connectivity index (χ3n) is 4.96. The number of carbonyl (C=O) groups is 1. The Labute approximate surface area is 172 Å². The molecule has 2 aromatic carbocycles. The van der Waals surface area contributed by atoms with E-state index < -0.39 is 15.9 Å². The highest BCUT2D eigenvalue weighted by Gasteiger charge is 2.27. The second-order valence-electron chi connectivity index (χ2n) is 7.44. The molecule has 29 heavy (non-hydrogen) atoms. The van der Waals surface area contributed by atoms with Crippen LogP contribution in [-0.4, -0.2) is 26.6 Å². The Hall–Kier alpha value is -2.67. The Bertz CT molecular complexity index is 990. The molecule has 3 rings (SSSR count). The number of benzene rings is 2. The Kier molecular flexibility index (Phi) is 6.69. The maximum absolute atomic E-state index is 13.3. The van der Waals surface area contributed by atoms with Gasteiger partial charge in [0.1, 0.15) is 6.54 Å². The van der Waals surface area contributed by atoms with Gasteiger partial charge >= 0.3 is 0 Å². The average Bonchev–Trinajstić information content (AvgIpc) is 2.71. The number of amides is 1. The molecule has 0 aliphatic heterocycles. The van der Waals surface area contributed by atoms with Crippen molar-refractivity contribution >= 4 is 27.3 Å². The highest BCUT2D eigenvalue weighted by molar-refractivity contribution is 7.92. The summed E-state index contributed by atoms with van der Waals surface area (Å²) in [7, 11) is -3.90. The second kappa shape index (κ2) is 9.22. The number of hydrogen-bond donors (Lipinski definition) is 1. The molecule has 6 nitrogen and oxygen atoms in total. The first-order valence-corrected chi connectivity index (χ1v) is 11.3. The zero-order valence-electron chi connectivity index (χ0n) is 16.9. The van der Waals surface area contributed by atoms with Crippen LogP contribution in [0.5, 0.6) is 0 Å². The van der Waals surface area contributed by atoms with Gasteiger partial charge in [-0.3, -0.25) is 9.10 Å². The van der Waals surface area contributed by atoms with Crippen LogP contribution in [0.1, 0.15) is 43.2 Å². The standard InChI is InChI=1S/C22H27N3O3S/c1-17-11-13-21(14-12-17)29(27,28)25(20-10-6-7-18(2)15-20)16-22(26)24-23-19-8-4-3-5-9-19/h6-7,10-15H,3-5,8-9,16H2,1-2H3,(H,24,26). The van der Waals surface area contributed by atoms with Gasteiger partial charge in [-0.15, -0.1) is 0 Å². The number of nitrogens with zero attached hydrogens (tertiary/aromatic N) is 2. The van der Waals surface area contributed by atoms with Crippen LogP contribution < -0.4 is 9.73 Å². The molecule has 0 heterocycles. The fourth-order valence-corrected chi connectivity index (χ4v) is 4.73. The van der Waals surface area contributed by atoms with Gasteiger partial charge < -0.3 is 0 Å². The minimum Gasteiger partial charge on any atom is -0.271 e. The molecule has 0 radical (unpaired) electrons. The summed E-state index contributed by atoms with van der Waals surface area (Å²) >= 11 is 0.